The van der Waals surface area contributed by atoms with Crippen molar-refractivity contribution in [1.29, 1.82) is 0 Å². The van der Waals surface area contributed by atoms with Crippen LogP contribution in [0.5, 0.6) is 0 Å². The summed E-state index contributed by atoms with van der Waals surface area (Å²) in [5, 5.41) is 0. The van der Waals surface area contributed by atoms with Gasteiger partial charge in [0, 0.05) is 6.61 Å². The third kappa shape index (κ3) is 6.70. The van der Waals surface area contributed by atoms with Gasteiger partial charge in [0.25, 0.3) is 0 Å². The van der Waals surface area contributed by atoms with Crippen molar-refractivity contribution in [2.45, 2.75) is 33.0 Å². The summed E-state index contributed by atoms with van der Waals surface area (Å²) in [5.41, 5.74) is 1.22. The third-order valence-corrected chi connectivity index (χ3v) is 1.90. The van der Waals surface area contributed by atoms with Crippen molar-refractivity contribution in [3.05, 3.63) is 35.9 Å². The fourth-order valence-corrected chi connectivity index (χ4v) is 0.874. The molecule has 1 unspecified atom stereocenters. The molecule has 0 amide bonds. The molecule has 0 aliphatic rings. The Morgan fingerprint density at radius 1 is 1.43 bits per heavy atom. The molecule has 0 aliphatic heterocycles. The third-order valence-electron chi connectivity index (χ3n) is 1.90. The van der Waals surface area contributed by atoms with Gasteiger partial charge in [0.2, 0.25) is 0 Å². The summed E-state index contributed by atoms with van der Waals surface area (Å²) >= 11 is 4.25. The molecule has 0 spiro atoms. The van der Waals surface area contributed by atoms with Crippen LogP contribution in [0.25, 0.3) is 0 Å². The van der Waals surface area contributed by atoms with Gasteiger partial charge in [0.15, 0.2) is 0 Å². The van der Waals surface area contributed by atoms with E-state index in [0.717, 1.165) is 6.42 Å². The van der Waals surface area contributed by atoms with Gasteiger partial charge in [-0.15, -0.1) is 5.56 Å². The van der Waals surface area contributed by atoms with E-state index >= 15 is 0 Å². The van der Waals surface area contributed by atoms with Crippen molar-refractivity contribution in [2.24, 2.45) is 0 Å². The van der Waals surface area contributed by atoms with Crippen LogP contribution >= 0.6 is 13.6 Å². The van der Waals surface area contributed by atoms with Crippen LogP contribution in [0.4, 0.5) is 0 Å². The van der Waals surface area contributed by atoms with E-state index in [0.29, 0.717) is 12.7 Å². The first-order valence-electron chi connectivity index (χ1n) is 4.66. The molecule has 1 rings (SSSR count). The van der Waals surface area contributed by atoms with E-state index in [1.807, 2.05) is 24.3 Å². The van der Waals surface area contributed by atoms with Gasteiger partial charge in [-0.05, 0) is 13.3 Å². The van der Waals surface area contributed by atoms with Gasteiger partial charge < -0.3 is 4.74 Å². The zero-order chi connectivity index (χ0) is 10.8. The summed E-state index contributed by atoms with van der Waals surface area (Å²) < 4.78 is 5.56. The zero-order valence-electron chi connectivity index (χ0n) is 8.79. The van der Waals surface area contributed by atoms with Crippen LogP contribution < -0.4 is 0 Å². The summed E-state index contributed by atoms with van der Waals surface area (Å²) in [4.78, 5) is 0. The molecular formula is C11H15BrOZn. The Labute approximate surface area is 103 Å². The molecule has 0 saturated carbocycles. The topological polar surface area (TPSA) is 9.23 Å². The Bertz CT molecular complexity index is 216. The second-order valence-corrected chi connectivity index (χ2v) is 2.94. The van der Waals surface area contributed by atoms with E-state index in [2.05, 4.69) is 33.5 Å². The van der Waals surface area contributed by atoms with Crippen LogP contribution in [0.1, 0.15) is 25.8 Å². The number of hydrogen-bond acceptors (Lipinski definition) is 1. The minimum absolute atomic E-state index is 0.356. The van der Waals surface area contributed by atoms with Crippen molar-refractivity contribution < 1.29 is 21.1 Å². The van der Waals surface area contributed by atoms with Crippen molar-refractivity contribution >= 4 is 13.6 Å². The first-order chi connectivity index (χ1) is 6.83. The van der Waals surface area contributed by atoms with Crippen LogP contribution in [0.2, 0.25) is 0 Å². The monoisotopic (exact) mass is 306 g/mol. The molecule has 1 nitrogen and oxygen atoms in total. The van der Waals surface area contributed by atoms with Crippen LogP contribution in [-0.2, 0) is 27.7 Å². The molecule has 0 N–H and O–H groups in total. The number of rotatable bonds is 4. The molecule has 0 heterocycles. The van der Waals surface area contributed by atoms with E-state index in [4.69, 9.17) is 4.74 Å². The number of halogens is 1. The Balaban J connectivity index is 0.000000791. The normalized spacial score (nSPS) is 11.5. The van der Waals surface area contributed by atoms with E-state index in [9.17, 15) is 0 Å². The second kappa shape index (κ2) is 9.82. The fraction of sp³-hybridized carbons (Fsp3) is 0.455. The van der Waals surface area contributed by atoms with Crippen LogP contribution in [0, 0.1) is 6.07 Å². The van der Waals surface area contributed by atoms with E-state index < -0.39 is 0 Å². The zero-order valence-corrected chi connectivity index (χ0v) is 13.3. The van der Waals surface area contributed by atoms with E-state index in [-0.39, 0.29) is 0 Å². The van der Waals surface area contributed by atoms with Gasteiger partial charge in [-0.3, -0.25) is 0 Å². The average Bonchev–Trinajstić information content (AvgIpc) is 2.30. The Kier molecular flexibility index (Phi) is 10.0. The number of hydrogen-bond donors (Lipinski definition) is 0. The van der Waals surface area contributed by atoms with Crippen molar-refractivity contribution in [2.75, 3.05) is 0 Å². The summed E-state index contributed by atoms with van der Waals surface area (Å²) in [6.45, 7) is 4.93. The molecule has 74 valence electrons. The summed E-state index contributed by atoms with van der Waals surface area (Å²) in [7, 11) is 0. The molecule has 0 aromatic heterocycles. The predicted octanol–water partition coefficient (Wildman–Crippen LogP) is 3.64. The summed E-state index contributed by atoms with van der Waals surface area (Å²) in [6, 6.07) is 10.9. The standard InChI is InChI=1S/C11H15O.BrH.Zn/c1-3-10(2)12-9-11-7-5-4-6-8-11;;/h5-8,10H,3,9H2,1-2H3;1H;/q-1;;+2/p-1. The molecule has 3 heteroatoms. The van der Waals surface area contributed by atoms with Gasteiger partial charge in [0.1, 0.15) is 0 Å². The fourth-order valence-electron chi connectivity index (χ4n) is 0.874. The van der Waals surface area contributed by atoms with Crippen molar-refractivity contribution in [3.63, 3.8) is 0 Å². The Morgan fingerprint density at radius 3 is 2.50 bits per heavy atom. The summed E-state index contributed by atoms with van der Waals surface area (Å²) in [5.74, 6) is 0. The van der Waals surface area contributed by atoms with Gasteiger partial charge in [-0.1, -0.05) is 6.92 Å². The minimum atomic E-state index is 0.356. The van der Waals surface area contributed by atoms with E-state index in [1.165, 1.54) is 21.9 Å². The first kappa shape index (κ1) is 14.3. The molecular weight excluding hydrogens is 293 g/mol. The van der Waals surface area contributed by atoms with Gasteiger partial charge in [-0.2, -0.15) is 30.3 Å². The van der Waals surface area contributed by atoms with Gasteiger partial charge >= 0.3 is 30.0 Å². The molecule has 0 saturated heterocycles. The average molecular weight is 309 g/mol. The molecule has 0 radical (unpaired) electrons. The van der Waals surface area contributed by atoms with Crippen LogP contribution in [0.15, 0.2) is 24.3 Å². The van der Waals surface area contributed by atoms with Gasteiger partial charge in [0.05, 0.1) is 6.10 Å². The van der Waals surface area contributed by atoms with Crippen molar-refractivity contribution in [3.8, 4) is 0 Å². The molecule has 1 aromatic carbocycles. The quantitative estimate of drug-likeness (QED) is 0.609. The maximum absolute atomic E-state index is 5.56. The van der Waals surface area contributed by atoms with Crippen molar-refractivity contribution in [1.82, 2.24) is 0 Å². The van der Waals surface area contributed by atoms with Crippen LogP contribution in [-0.4, -0.2) is 6.10 Å². The summed E-state index contributed by atoms with van der Waals surface area (Å²) in [6.07, 6.45) is 1.42. The van der Waals surface area contributed by atoms with Crippen LogP contribution in [0.3, 0.4) is 0 Å². The molecule has 14 heavy (non-hydrogen) atoms. The van der Waals surface area contributed by atoms with E-state index in [1.54, 1.807) is 0 Å². The number of benzene rings is 1. The molecule has 1 atom stereocenters. The molecule has 0 aliphatic carbocycles. The first-order valence-corrected chi connectivity index (χ1v) is 11.6. The molecule has 0 bridgehead atoms. The second-order valence-electron chi connectivity index (χ2n) is 2.94. The Morgan fingerprint density at radius 2 is 2.00 bits per heavy atom. The molecule has 1 aromatic rings. The molecule has 0 fully saturated rings. The maximum atomic E-state index is 5.56. The SMILES string of the molecule is CCC(C)OCc1cc[c-]cc1.[Zn+][Br]. The van der Waals surface area contributed by atoms with Gasteiger partial charge in [-0.25, -0.2) is 0 Å². The Hall–Kier alpha value is 0.283. The number of ether oxygens (including phenoxy) is 1. The predicted molar refractivity (Wildman–Crippen MR) is 58.7 cm³/mol.